The van der Waals surface area contributed by atoms with Gasteiger partial charge < -0.3 is 50.2 Å². The van der Waals surface area contributed by atoms with E-state index in [1.807, 2.05) is 0 Å². The lowest BCUT2D eigenvalue weighted by molar-refractivity contribution is -0.180. The Morgan fingerprint density at radius 2 is 1.24 bits per heavy atom. The number of alkyl halides is 6. The number of ether oxygens (including phenoxy) is 1. The predicted octanol–water partition coefficient (Wildman–Crippen LogP) is -0.790. The molecule has 0 aromatic heterocycles. The van der Waals surface area contributed by atoms with Gasteiger partial charge in [-0.25, -0.2) is 31.1 Å². The minimum Gasteiger partial charge on any atom is -0.454 e. The number of hydrogen-bond donors (Lipinski definition) is 7. The first-order valence-electron chi connectivity index (χ1n) is 15.5. The van der Waals surface area contributed by atoms with Crippen LogP contribution in [0.2, 0.25) is 27.3 Å². The molecule has 22 heteroatoms. The largest absolute Gasteiger partial charge is 0.454 e. The topological polar surface area (TPSA) is 167 Å². The number of halogens is 6. The van der Waals surface area contributed by atoms with Gasteiger partial charge in [-0.05, 0) is 85.7 Å². The first-order valence-corrected chi connectivity index (χ1v) is 15.5. The minimum absolute atomic E-state index is 0.00595. The Hall–Kier alpha value is -1.54. The number of rotatable bonds is 22. The molecular formula is C24H47B4F6N5O7. The number of amides is 1. The average Bonchev–Trinajstić information content (AvgIpc) is 2.99. The number of esters is 1. The average molecular weight is 675 g/mol. The highest BCUT2D eigenvalue weighted by Crippen LogP contribution is 2.34. The smallest absolute Gasteiger partial charge is 0.376 e. The molecule has 6 unspecified atom stereocenters. The molecule has 0 spiro atoms. The van der Waals surface area contributed by atoms with Crippen LogP contribution >= 0.6 is 0 Å². The SMILES string of the molecule is CB(O)NCCCN(CCCC(C(NC(=O)CF)C(=O)OC1C(F)C(F)C(F)C(F)C1F)N(CCCNB(C)O)B(C)O)B(C)O. The molecule has 7 N–H and O–H groups in total. The summed E-state index contributed by atoms with van der Waals surface area (Å²) in [6.07, 6.45) is -17.4. The highest BCUT2D eigenvalue weighted by molar-refractivity contribution is 6.46. The van der Waals surface area contributed by atoms with E-state index in [-0.39, 0.29) is 38.9 Å². The molecule has 46 heavy (non-hydrogen) atoms. The van der Waals surface area contributed by atoms with Crippen LogP contribution in [0, 0.1) is 0 Å². The Labute approximate surface area is 267 Å². The minimum atomic E-state index is -3.15. The third kappa shape index (κ3) is 13.9. The van der Waals surface area contributed by atoms with Crippen molar-refractivity contribution < 1.29 is 60.8 Å². The summed E-state index contributed by atoms with van der Waals surface area (Å²) < 4.78 is 89.2. The van der Waals surface area contributed by atoms with Gasteiger partial charge in [0.2, 0.25) is 0 Å². The van der Waals surface area contributed by atoms with Gasteiger partial charge in [0.15, 0.2) is 43.6 Å². The van der Waals surface area contributed by atoms with E-state index in [1.165, 1.54) is 25.3 Å². The van der Waals surface area contributed by atoms with Crippen LogP contribution in [0.1, 0.15) is 25.7 Å². The van der Waals surface area contributed by atoms with Crippen LogP contribution in [-0.4, -0.2) is 158 Å². The van der Waals surface area contributed by atoms with Crippen LogP contribution in [0.4, 0.5) is 26.3 Å². The van der Waals surface area contributed by atoms with Crippen molar-refractivity contribution in [2.24, 2.45) is 0 Å². The molecule has 0 aliphatic heterocycles. The van der Waals surface area contributed by atoms with Crippen LogP contribution in [0.3, 0.4) is 0 Å². The summed E-state index contributed by atoms with van der Waals surface area (Å²) in [6, 6.07) is -3.17. The van der Waals surface area contributed by atoms with Crippen LogP contribution in [-0.2, 0) is 14.3 Å². The molecular weight excluding hydrogens is 628 g/mol. The monoisotopic (exact) mass is 675 g/mol. The summed E-state index contributed by atoms with van der Waals surface area (Å²) in [6.45, 7) is 5.47. The predicted molar refractivity (Wildman–Crippen MR) is 164 cm³/mol. The summed E-state index contributed by atoms with van der Waals surface area (Å²) in [4.78, 5) is 28.6. The van der Waals surface area contributed by atoms with Gasteiger partial charge in [0.05, 0.1) is 0 Å². The van der Waals surface area contributed by atoms with Crippen molar-refractivity contribution in [2.75, 3.05) is 39.4 Å². The molecule has 1 amide bonds. The zero-order valence-corrected chi connectivity index (χ0v) is 26.7. The van der Waals surface area contributed by atoms with Crippen molar-refractivity contribution in [1.82, 2.24) is 25.4 Å². The molecule has 6 atom stereocenters. The van der Waals surface area contributed by atoms with E-state index in [0.717, 1.165) is 0 Å². The Morgan fingerprint density at radius 3 is 1.70 bits per heavy atom. The second-order valence-corrected chi connectivity index (χ2v) is 11.5. The highest BCUT2D eigenvalue weighted by Gasteiger charge is 2.56. The Kier molecular flexibility index (Phi) is 19.8. The number of nitrogens with zero attached hydrogens (tertiary/aromatic N) is 2. The lowest BCUT2D eigenvalue weighted by Gasteiger charge is -2.40. The summed E-state index contributed by atoms with van der Waals surface area (Å²) in [5, 5.41) is 47.5. The van der Waals surface area contributed by atoms with Gasteiger partial charge in [-0.15, -0.1) is 0 Å². The normalized spacial score (nSPS) is 24.4. The summed E-state index contributed by atoms with van der Waals surface area (Å²) in [5.74, 6) is -2.93. The number of nitrogens with one attached hydrogen (secondary N) is 3. The fourth-order valence-electron chi connectivity index (χ4n) is 5.23. The lowest BCUT2D eigenvalue weighted by Crippen LogP contribution is -2.62. The molecule has 0 aromatic carbocycles. The van der Waals surface area contributed by atoms with Gasteiger partial charge in [-0.3, -0.25) is 4.79 Å². The molecule has 0 saturated heterocycles. The van der Waals surface area contributed by atoms with Crippen LogP contribution in [0.5, 0.6) is 0 Å². The quantitative estimate of drug-likeness (QED) is 0.0333. The van der Waals surface area contributed by atoms with E-state index in [0.29, 0.717) is 19.5 Å². The van der Waals surface area contributed by atoms with Crippen molar-refractivity contribution in [2.45, 2.75) is 102 Å². The van der Waals surface area contributed by atoms with E-state index in [1.54, 1.807) is 11.6 Å². The zero-order chi connectivity index (χ0) is 35.1. The van der Waals surface area contributed by atoms with E-state index < -0.39 is 95.8 Å². The van der Waals surface area contributed by atoms with E-state index >= 15 is 0 Å². The third-order valence-corrected chi connectivity index (χ3v) is 7.65. The molecule has 0 aromatic rings. The molecule has 12 nitrogen and oxygen atoms in total. The van der Waals surface area contributed by atoms with Gasteiger partial charge in [-0.2, -0.15) is 0 Å². The second-order valence-electron chi connectivity index (χ2n) is 11.5. The van der Waals surface area contributed by atoms with Crippen molar-refractivity contribution in [3.63, 3.8) is 0 Å². The van der Waals surface area contributed by atoms with E-state index in [9.17, 15) is 56.0 Å². The number of carbonyl (C=O) groups is 2. The summed E-state index contributed by atoms with van der Waals surface area (Å²) in [7, 11) is -3.86. The van der Waals surface area contributed by atoms with Crippen LogP contribution in [0.25, 0.3) is 0 Å². The molecule has 0 radical (unpaired) electrons. The molecule has 0 heterocycles. The molecule has 1 aliphatic rings. The molecule has 1 aliphatic carbocycles. The van der Waals surface area contributed by atoms with Crippen LogP contribution < -0.4 is 15.8 Å². The molecule has 1 rings (SSSR count). The van der Waals surface area contributed by atoms with Gasteiger partial charge >= 0.3 is 34.2 Å². The standard InChI is InChI=1S/C24H47B4F6N5O7/c1-25(42)35-9-6-12-38(27(3)44)11-5-8-15(39(28(4)45)13-7-10-36-26(2)43)22(37-16(40)14-29)24(41)46-23-20(33)18(31)17(30)19(32)21(23)34/h15,17-23,35-36,42-45H,5-14H2,1-4H3,(H,37,40). The third-order valence-electron chi connectivity index (χ3n) is 7.65. The van der Waals surface area contributed by atoms with Gasteiger partial charge in [-0.1, -0.05) is 0 Å². The van der Waals surface area contributed by atoms with E-state index in [2.05, 4.69) is 15.8 Å². The molecule has 1 saturated carbocycles. The second kappa shape index (κ2) is 21.4. The van der Waals surface area contributed by atoms with Crippen molar-refractivity contribution in [3.05, 3.63) is 0 Å². The fraction of sp³-hybridized carbons (Fsp3) is 0.917. The fourth-order valence-corrected chi connectivity index (χ4v) is 5.23. The molecule has 1 fully saturated rings. The maximum absolute atomic E-state index is 14.6. The van der Waals surface area contributed by atoms with Gasteiger partial charge in [0, 0.05) is 6.04 Å². The lowest BCUT2D eigenvalue weighted by atomic mass is 9.79. The van der Waals surface area contributed by atoms with Crippen molar-refractivity contribution in [3.8, 4) is 0 Å². The van der Waals surface area contributed by atoms with Crippen LogP contribution in [0.15, 0.2) is 0 Å². The number of carbonyl (C=O) groups excluding carboxylic acids is 2. The number of hydrogen-bond acceptors (Lipinski definition) is 11. The molecule has 0 bridgehead atoms. The highest BCUT2D eigenvalue weighted by atomic mass is 19.2. The zero-order valence-electron chi connectivity index (χ0n) is 26.7. The van der Waals surface area contributed by atoms with Gasteiger partial charge in [0.1, 0.15) is 6.04 Å². The van der Waals surface area contributed by atoms with Crippen molar-refractivity contribution >= 4 is 40.1 Å². The maximum atomic E-state index is 14.6. The first kappa shape index (κ1) is 42.5. The maximum Gasteiger partial charge on any atom is 0.376 e. The van der Waals surface area contributed by atoms with Crippen molar-refractivity contribution in [1.29, 1.82) is 0 Å². The molecule has 264 valence electrons. The Morgan fingerprint density at radius 1 is 0.761 bits per heavy atom. The summed E-state index contributed by atoms with van der Waals surface area (Å²) in [5.41, 5.74) is 0. The summed E-state index contributed by atoms with van der Waals surface area (Å²) >= 11 is 0. The first-order chi connectivity index (χ1) is 21.5. The van der Waals surface area contributed by atoms with E-state index in [4.69, 9.17) is 4.74 Å². The Balaban J connectivity index is 3.33. The Bertz CT molecular complexity index is 885. The van der Waals surface area contributed by atoms with Gasteiger partial charge in [0.25, 0.3) is 5.91 Å².